The van der Waals surface area contributed by atoms with Crippen molar-refractivity contribution in [2.45, 2.75) is 18.6 Å². The number of anilines is 1. The quantitative estimate of drug-likeness (QED) is 0.303. The molecule has 0 saturated carbocycles. The van der Waals surface area contributed by atoms with Crippen LogP contribution in [0.25, 0.3) is 11.4 Å². The second-order valence-corrected chi connectivity index (χ2v) is 9.01. The first kappa shape index (κ1) is 21.7. The summed E-state index contributed by atoms with van der Waals surface area (Å²) in [5, 5.41) is 12.8. The number of aromatic nitrogens is 3. The van der Waals surface area contributed by atoms with Crippen molar-refractivity contribution in [1.82, 2.24) is 14.8 Å². The van der Waals surface area contributed by atoms with Gasteiger partial charge in [-0.1, -0.05) is 51.4 Å². The Balaban J connectivity index is 1.55. The van der Waals surface area contributed by atoms with E-state index in [9.17, 15) is 4.79 Å². The first-order valence-electron chi connectivity index (χ1n) is 9.40. The number of nitrogens with zero attached hydrogens (tertiary/aromatic N) is 3. The van der Waals surface area contributed by atoms with Crippen LogP contribution in [0.15, 0.2) is 74.9 Å². The predicted molar refractivity (Wildman–Crippen MR) is 127 cm³/mol. The molecular weight excluding hydrogens is 500 g/mol. The Morgan fingerprint density at radius 3 is 2.77 bits per heavy atom. The van der Waals surface area contributed by atoms with Crippen LogP contribution < -0.4 is 5.32 Å². The number of benzene rings is 2. The van der Waals surface area contributed by atoms with Crippen molar-refractivity contribution in [3.8, 4) is 11.4 Å². The molecule has 0 saturated heterocycles. The number of hydrogen-bond acceptors (Lipinski definition) is 5. The lowest BCUT2D eigenvalue weighted by molar-refractivity contribution is -0.113. The molecule has 158 valence electrons. The number of nitrogens with one attached hydrogen (secondary N) is 1. The summed E-state index contributed by atoms with van der Waals surface area (Å²) in [6.45, 7) is 2.37. The van der Waals surface area contributed by atoms with Crippen LogP contribution in [0, 0.1) is 6.92 Å². The Hall–Kier alpha value is -2.55. The lowest BCUT2D eigenvalue weighted by Gasteiger charge is -2.11. The second-order valence-electron chi connectivity index (χ2n) is 6.75. The van der Waals surface area contributed by atoms with E-state index in [1.807, 2.05) is 66.1 Å². The van der Waals surface area contributed by atoms with Crippen LogP contribution in [-0.4, -0.2) is 26.4 Å². The van der Waals surface area contributed by atoms with Crippen LogP contribution in [0.3, 0.4) is 0 Å². The number of amides is 1. The average molecular weight is 518 g/mol. The van der Waals surface area contributed by atoms with Crippen molar-refractivity contribution in [2.24, 2.45) is 0 Å². The molecular formula is C22H18BrClN4O2S. The highest BCUT2D eigenvalue weighted by Crippen LogP contribution is 2.30. The number of rotatable bonds is 7. The summed E-state index contributed by atoms with van der Waals surface area (Å²) in [4.78, 5) is 12.5. The van der Waals surface area contributed by atoms with E-state index < -0.39 is 0 Å². The molecule has 0 aliphatic heterocycles. The van der Waals surface area contributed by atoms with Gasteiger partial charge in [-0.25, -0.2) is 0 Å². The lowest BCUT2D eigenvalue weighted by atomic mass is 10.2. The third kappa shape index (κ3) is 5.20. The van der Waals surface area contributed by atoms with Crippen LogP contribution in [0.4, 0.5) is 5.69 Å². The van der Waals surface area contributed by atoms with E-state index in [1.165, 1.54) is 11.8 Å². The number of carbonyl (C=O) groups is 1. The minimum Gasteiger partial charge on any atom is -0.467 e. The summed E-state index contributed by atoms with van der Waals surface area (Å²) < 4.78 is 8.38. The molecule has 6 nitrogen and oxygen atoms in total. The molecule has 2 aromatic heterocycles. The van der Waals surface area contributed by atoms with Gasteiger partial charge in [0, 0.05) is 15.7 Å². The SMILES string of the molecule is Cc1cc(Br)ccc1NC(=O)CSc1nnc(-c2ccccc2Cl)n1Cc1ccco1. The Labute approximate surface area is 197 Å². The van der Waals surface area contributed by atoms with Gasteiger partial charge >= 0.3 is 0 Å². The van der Waals surface area contributed by atoms with Gasteiger partial charge in [0.05, 0.1) is 23.6 Å². The molecule has 1 amide bonds. The average Bonchev–Trinajstić information content (AvgIpc) is 3.40. The Morgan fingerprint density at radius 2 is 2.03 bits per heavy atom. The van der Waals surface area contributed by atoms with Gasteiger partial charge in [0.1, 0.15) is 5.76 Å². The summed E-state index contributed by atoms with van der Waals surface area (Å²) >= 11 is 11.1. The molecule has 0 bridgehead atoms. The summed E-state index contributed by atoms with van der Waals surface area (Å²) in [6.07, 6.45) is 1.62. The van der Waals surface area contributed by atoms with Gasteiger partial charge in [0.2, 0.25) is 5.91 Å². The van der Waals surface area contributed by atoms with Gasteiger partial charge in [0.15, 0.2) is 11.0 Å². The fourth-order valence-electron chi connectivity index (χ4n) is 3.02. The van der Waals surface area contributed by atoms with E-state index in [0.717, 1.165) is 27.0 Å². The first-order valence-corrected chi connectivity index (χ1v) is 11.6. The zero-order valence-corrected chi connectivity index (χ0v) is 19.7. The van der Waals surface area contributed by atoms with Crippen molar-refractivity contribution in [1.29, 1.82) is 0 Å². The van der Waals surface area contributed by atoms with Crippen LogP contribution in [-0.2, 0) is 11.3 Å². The second kappa shape index (κ2) is 9.72. The zero-order chi connectivity index (χ0) is 21.8. The Kier molecular flexibility index (Phi) is 6.80. The largest absolute Gasteiger partial charge is 0.467 e. The molecule has 0 aliphatic carbocycles. The van der Waals surface area contributed by atoms with Crippen molar-refractivity contribution >= 4 is 50.9 Å². The number of hydrogen-bond donors (Lipinski definition) is 1. The molecule has 0 aliphatic rings. The minimum absolute atomic E-state index is 0.123. The van der Waals surface area contributed by atoms with Gasteiger partial charge in [-0.15, -0.1) is 10.2 Å². The predicted octanol–water partition coefficient (Wildman–Crippen LogP) is 6.04. The standard InChI is InChI=1S/C22H18BrClN4O2S/c1-14-11-15(23)8-9-19(14)25-20(29)13-31-22-27-26-21(17-6-2-3-7-18(17)24)28(22)12-16-5-4-10-30-16/h2-11H,12-13H2,1H3,(H,25,29). The number of carbonyl (C=O) groups excluding carboxylic acids is 1. The molecule has 2 aromatic carbocycles. The summed E-state index contributed by atoms with van der Waals surface area (Å²) in [5.41, 5.74) is 2.53. The Bertz CT molecular complexity index is 1210. The molecule has 4 rings (SSSR count). The fourth-order valence-corrected chi connectivity index (χ4v) is 4.46. The lowest BCUT2D eigenvalue weighted by Crippen LogP contribution is -2.15. The highest BCUT2D eigenvalue weighted by atomic mass is 79.9. The number of thioether (sulfide) groups is 1. The van der Waals surface area contributed by atoms with Crippen molar-refractivity contribution in [2.75, 3.05) is 11.1 Å². The normalized spacial score (nSPS) is 10.9. The van der Waals surface area contributed by atoms with Gasteiger partial charge < -0.3 is 9.73 Å². The van der Waals surface area contributed by atoms with E-state index in [1.54, 1.807) is 6.26 Å². The number of halogens is 2. The maximum Gasteiger partial charge on any atom is 0.234 e. The molecule has 31 heavy (non-hydrogen) atoms. The molecule has 0 radical (unpaired) electrons. The molecule has 2 heterocycles. The smallest absolute Gasteiger partial charge is 0.234 e. The molecule has 0 fully saturated rings. The van der Waals surface area contributed by atoms with Crippen LogP contribution in [0.2, 0.25) is 5.02 Å². The minimum atomic E-state index is -0.123. The fraction of sp³-hybridized carbons (Fsp3) is 0.136. The molecule has 0 spiro atoms. The van der Waals surface area contributed by atoms with Crippen LogP contribution in [0.1, 0.15) is 11.3 Å². The zero-order valence-electron chi connectivity index (χ0n) is 16.5. The molecule has 9 heteroatoms. The van der Waals surface area contributed by atoms with Crippen molar-refractivity contribution in [3.63, 3.8) is 0 Å². The van der Waals surface area contributed by atoms with Crippen LogP contribution in [0.5, 0.6) is 0 Å². The van der Waals surface area contributed by atoms with Crippen molar-refractivity contribution < 1.29 is 9.21 Å². The highest BCUT2D eigenvalue weighted by molar-refractivity contribution is 9.10. The monoisotopic (exact) mass is 516 g/mol. The maximum atomic E-state index is 12.5. The number of aryl methyl sites for hydroxylation is 1. The maximum absolute atomic E-state index is 12.5. The van der Waals surface area contributed by atoms with Crippen LogP contribution >= 0.6 is 39.3 Å². The van der Waals surface area contributed by atoms with E-state index >= 15 is 0 Å². The molecule has 0 atom stereocenters. The van der Waals surface area contributed by atoms with Gasteiger partial charge in [-0.05, 0) is 55.0 Å². The summed E-state index contributed by atoms with van der Waals surface area (Å²) in [7, 11) is 0. The molecule has 4 aromatic rings. The Morgan fingerprint density at radius 1 is 1.19 bits per heavy atom. The van der Waals surface area contributed by atoms with Crippen molar-refractivity contribution in [3.05, 3.63) is 81.7 Å². The highest BCUT2D eigenvalue weighted by Gasteiger charge is 2.18. The summed E-state index contributed by atoms with van der Waals surface area (Å²) in [5.74, 6) is 1.44. The molecule has 1 N–H and O–H groups in total. The van der Waals surface area contributed by atoms with E-state index in [0.29, 0.717) is 22.5 Å². The molecule has 0 unspecified atom stereocenters. The van der Waals surface area contributed by atoms with E-state index in [-0.39, 0.29) is 11.7 Å². The van der Waals surface area contributed by atoms with Gasteiger partial charge in [-0.2, -0.15) is 0 Å². The van der Waals surface area contributed by atoms with Gasteiger partial charge in [-0.3, -0.25) is 9.36 Å². The van der Waals surface area contributed by atoms with E-state index in [4.69, 9.17) is 16.0 Å². The third-order valence-corrected chi connectivity index (χ3v) is 6.31. The third-order valence-electron chi connectivity index (χ3n) is 4.52. The van der Waals surface area contributed by atoms with E-state index in [2.05, 4.69) is 31.4 Å². The first-order chi connectivity index (χ1) is 15.0. The number of furan rings is 1. The van der Waals surface area contributed by atoms with Gasteiger partial charge in [0.25, 0.3) is 0 Å². The topological polar surface area (TPSA) is 73.0 Å². The summed E-state index contributed by atoms with van der Waals surface area (Å²) in [6, 6.07) is 16.9.